The number of nitriles is 1. The molecule has 3 aromatic rings. The van der Waals surface area contributed by atoms with Crippen molar-refractivity contribution in [1.29, 1.82) is 5.26 Å². The van der Waals surface area contributed by atoms with Gasteiger partial charge in [-0.15, -0.1) is 0 Å². The van der Waals surface area contributed by atoms with Crippen LogP contribution < -0.4 is 5.32 Å². The predicted molar refractivity (Wildman–Crippen MR) is 124 cm³/mol. The van der Waals surface area contributed by atoms with E-state index in [0.29, 0.717) is 0 Å². The van der Waals surface area contributed by atoms with E-state index in [-0.39, 0.29) is 17.5 Å². The van der Waals surface area contributed by atoms with E-state index in [4.69, 9.17) is 0 Å². The Bertz CT molecular complexity index is 1150. The Hall–Kier alpha value is -3.10. The highest BCUT2D eigenvalue weighted by atomic mass is 79.9. The van der Waals surface area contributed by atoms with Crippen molar-refractivity contribution >= 4 is 27.9 Å². The molecule has 5 heteroatoms. The first-order valence-corrected chi connectivity index (χ1v) is 10.5. The number of hydrogen-bond acceptors (Lipinski definition) is 2. The minimum absolute atomic E-state index is 0.0880. The van der Waals surface area contributed by atoms with Gasteiger partial charge in [-0.1, -0.05) is 46.3 Å². The van der Waals surface area contributed by atoms with Crippen molar-refractivity contribution in [2.75, 3.05) is 0 Å². The largest absolute Gasteiger partial charge is 0.345 e. The molecule has 1 amide bonds. The van der Waals surface area contributed by atoms with Crippen molar-refractivity contribution in [3.63, 3.8) is 0 Å². The third-order valence-electron chi connectivity index (χ3n) is 5.18. The van der Waals surface area contributed by atoms with Crippen molar-refractivity contribution in [1.82, 2.24) is 9.88 Å². The van der Waals surface area contributed by atoms with Crippen LogP contribution in [0, 0.1) is 32.1 Å². The third-order valence-corrected chi connectivity index (χ3v) is 6.07. The highest BCUT2D eigenvalue weighted by Crippen LogP contribution is 2.26. The second-order valence-electron chi connectivity index (χ2n) is 7.37. The van der Waals surface area contributed by atoms with Crippen LogP contribution in [0.3, 0.4) is 0 Å². The van der Waals surface area contributed by atoms with Gasteiger partial charge < -0.3 is 9.88 Å². The fourth-order valence-corrected chi connectivity index (χ4v) is 3.75. The number of hydrogen-bond donors (Lipinski definition) is 1. The first kappa shape index (κ1) is 21.6. The van der Waals surface area contributed by atoms with Crippen LogP contribution in [-0.2, 0) is 4.79 Å². The summed E-state index contributed by atoms with van der Waals surface area (Å²) < 4.78 is 3.19. The Morgan fingerprint density at radius 3 is 2.47 bits per heavy atom. The normalized spacial score (nSPS) is 12.3. The van der Waals surface area contributed by atoms with Gasteiger partial charge in [0.05, 0.1) is 6.04 Å². The molecule has 30 heavy (non-hydrogen) atoms. The molecular weight excluding hydrogens is 438 g/mol. The van der Waals surface area contributed by atoms with E-state index in [1.165, 1.54) is 0 Å². The van der Waals surface area contributed by atoms with Gasteiger partial charge in [0.1, 0.15) is 11.6 Å². The molecule has 0 aliphatic heterocycles. The lowest BCUT2D eigenvalue weighted by atomic mass is 10.1. The zero-order valence-electron chi connectivity index (χ0n) is 17.5. The van der Waals surface area contributed by atoms with Crippen molar-refractivity contribution in [2.24, 2.45) is 0 Å². The molecule has 1 N–H and O–H groups in total. The van der Waals surface area contributed by atoms with Crippen LogP contribution >= 0.6 is 15.9 Å². The van der Waals surface area contributed by atoms with E-state index in [1.54, 1.807) is 6.08 Å². The van der Waals surface area contributed by atoms with E-state index < -0.39 is 0 Å². The van der Waals surface area contributed by atoms with Crippen molar-refractivity contribution in [2.45, 2.75) is 33.7 Å². The molecular formula is C25H24BrN3O. The Morgan fingerprint density at radius 1 is 1.13 bits per heavy atom. The molecule has 1 atom stereocenters. The minimum atomic E-state index is -0.377. The Balaban J connectivity index is 1.90. The van der Waals surface area contributed by atoms with Crippen LogP contribution in [0.5, 0.6) is 0 Å². The van der Waals surface area contributed by atoms with Gasteiger partial charge in [-0.05, 0) is 74.7 Å². The fraction of sp³-hybridized carbons (Fsp3) is 0.200. The van der Waals surface area contributed by atoms with Crippen LogP contribution in [0.1, 0.15) is 41.0 Å². The number of carbonyl (C=O) groups excluding carboxylic acids is 1. The molecule has 152 valence electrons. The number of halogens is 1. The van der Waals surface area contributed by atoms with E-state index in [9.17, 15) is 10.1 Å². The second-order valence-corrected chi connectivity index (χ2v) is 8.23. The summed E-state index contributed by atoms with van der Waals surface area (Å²) in [6.45, 7) is 7.97. The van der Waals surface area contributed by atoms with Gasteiger partial charge in [-0.2, -0.15) is 5.26 Å². The van der Waals surface area contributed by atoms with Gasteiger partial charge in [0.25, 0.3) is 5.91 Å². The number of amides is 1. The fourth-order valence-electron chi connectivity index (χ4n) is 3.50. The SMILES string of the molecule is Cc1cc(-n2c(C)cc(/C=C(/C#N)C(=O)N[C@@H](C)c3ccccc3)c2C)ccc1Br. The lowest BCUT2D eigenvalue weighted by Gasteiger charge is -2.14. The summed E-state index contributed by atoms with van der Waals surface area (Å²) >= 11 is 3.54. The standard InChI is InChI=1S/C25H24BrN3O/c1-16-12-23(10-11-24(16)26)29-17(2)13-21(19(29)4)14-22(15-27)25(30)28-18(3)20-8-6-5-7-9-20/h5-14,18H,1-4H3,(H,28,30)/b22-14-/t18-/m0/s1. The maximum absolute atomic E-state index is 12.7. The lowest BCUT2D eigenvalue weighted by molar-refractivity contribution is -0.117. The maximum Gasteiger partial charge on any atom is 0.262 e. The summed E-state index contributed by atoms with van der Waals surface area (Å²) in [5.74, 6) is -0.377. The average Bonchev–Trinajstić information content (AvgIpc) is 3.01. The Kier molecular flexibility index (Phi) is 6.59. The number of carbonyl (C=O) groups is 1. The van der Waals surface area contributed by atoms with Gasteiger partial charge in [-0.3, -0.25) is 4.79 Å². The quantitative estimate of drug-likeness (QED) is 0.376. The van der Waals surface area contributed by atoms with Gasteiger partial charge in [-0.25, -0.2) is 0 Å². The molecule has 0 radical (unpaired) electrons. The zero-order chi connectivity index (χ0) is 21.8. The molecule has 0 saturated heterocycles. The number of benzene rings is 2. The summed E-state index contributed by atoms with van der Waals surface area (Å²) in [4.78, 5) is 12.7. The molecule has 1 aromatic heterocycles. The highest BCUT2D eigenvalue weighted by molar-refractivity contribution is 9.10. The van der Waals surface area contributed by atoms with Crippen molar-refractivity contribution in [3.8, 4) is 11.8 Å². The molecule has 1 heterocycles. The minimum Gasteiger partial charge on any atom is -0.345 e. The second kappa shape index (κ2) is 9.15. The van der Waals surface area contributed by atoms with Crippen LogP contribution in [0.2, 0.25) is 0 Å². The summed E-state index contributed by atoms with van der Waals surface area (Å²) in [5.41, 5.74) is 6.14. The number of nitrogens with zero attached hydrogens (tertiary/aromatic N) is 2. The third kappa shape index (κ3) is 4.55. The first-order valence-electron chi connectivity index (χ1n) is 9.75. The van der Waals surface area contributed by atoms with E-state index >= 15 is 0 Å². The molecule has 2 aromatic carbocycles. The molecule has 4 nitrogen and oxygen atoms in total. The van der Waals surface area contributed by atoms with E-state index in [2.05, 4.69) is 44.9 Å². The van der Waals surface area contributed by atoms with Gasteiger partial charge >= 0.3 is 0 Å². The number of aromatic nitrogens is 1. The topological polar surface area (TPSA) is 57.8 Å². The van der Waals surface area contributed by atoms with Crippen molar-refractivity contribution < 1.29 is 4.79 Å². The predicted octanol–water partition coefficient (Wildman–Crippen LogP) is 5.95. The summed E-state index contributed by atoms with van der Waals surface area (Å²) in [5, 5.41) is 12.5. The molecule has 0 aliphatic carbocycles. The lowest BCUT2D eigenvalue weighted by Crippen LogP contribution is -2.27. The molecule has 0 bridgehead atoms. The number of aryl methyl sites for hydroxylation is 2. The molecule has 0 fully saturated rings. The summed E-state index contributed by atoms with van der Waals surface area (Å²) in [6.07, 6.45) is 1.66. The highest BCUT2D eigenvalue weighted by Gasteiger charge is 2.16. The van der Waals surface area contributed by atoms with Crippen LogP contribution in [0.4, 0.5) is 0 Å². The molecule has 0 saturated carbocycles. The van der Waals surface area contributed by atoms with E-state index in [0.717, 1.165) is 38.2 Å². The zero-order valence-corrected chi connectivity index (χ0v) is 19.1. The van der Waals surface area contributed by atoms with Crippen molar-refractivity contribution in [3.05, 3.63) is 92.7 Å². The molecule has 3 rings (SSSR count). The summed E-state index contributed by atoms with van der Waals surface area (Å²) in [7, 11) is 0. The van der Waals surface area contributed by atoms with Gasteiger partial charge in [0, 0.05) is 21.5 Å². The molecule has 0 spiro atoms. The van der Waals surface area contributed by atoms with Gasteiger partial charge in [0.2, 0.25) is 0 Å². The monoisotopic (exact) mass is 461 g/mol. The first-order chi connectivity index (χ1) is 14.3. The smallest absolute Gasteiger partial charge is 0.262 e. The summed E-state index contributed by atoms with van der Waals surface area (Å²) in [6, 6.07) is 19.7. The number of rotatable bonds is 5. The van der Waals surface area contributed by atoms with Gasteiger partial charge in [0.15, 0.2) is 0 Å². The molecule has 0 aliphatic rings. The molecule has 0 unspecified atom stereocenters. The Labute approximate surface area is 186 Å². The van der Waals surface area contributed by atoms with E-state index in [1.807, 2.05) is 69.3 Å². The van der Waals surface area contributed by atoms with Crippen LogP contribution in [0.15, 0.2) is 64.6 Å². The maximum atomic E-state index is 12.7. The average molecular weight is 462 g/mol. The van der Waals surface area contributed by atoms with Crippen LogP contribution in [0.25, 0.3) is 11.8 Å². The Morgan fingerprint density at radius 2 is 1.83 bits per heavy atom. The van der Waals surface area contributed by atoms with Crippen LogP contribution in [-0.4, -0.2) is 10.5 Å². The number of nitrogens with one attached hydrogen (secondary N) is 1.